The van der Waals surface area contributed by atoms with E-state index in [2.05, 4.69) is 6.07 Å². The normalized spacial score (nSPS) is 13.9. The van der Waals surface area contributed by atoms with Crippen LogP contribution >= 0.6 is 11.3 Å². The Morgan fingerprint density at radius 2 is 1.79 bits per heavy atom. The van der Waals surface area contributed by atoms with E-state index in [1.54, 1.807) is 29.4 Å². The van der Waals surface area contributed by atoms with Crippen molar-refractivity contribution in [2.45, 2.75) is 38.3 Å². The molecule has 0 N–H and O–H groups in total. The Kier molecular flexibility index (Phi) is 6.58. The van der Waals surface area contributed by atoms with E-state index < -0.39 is 10.0 Å². The van der Waals surface area contributed by atoms with Gasteiger partial charge >= 0.3 is 0 Å². The molecule has 0 radical (unpaired) electrons. The SMILES string of the molecule is Cc1cc(C)c2sc(N(Cc3ccco3)C(=O)c3ccc(S(=O)(=O)N4CCc5ccccc5C4)cc3)nc2c1. The molecule has 0 atom stereocenters. The fourth-order valence-electron chi connectivity index (χ4n) is 5.01. The van der Waals surface area contributed by atoms with Gasteiger partial charge in [-0.25, -0.2) is 13.4 Å². The van der Waals surface area contributed by atoms with Crippen LogP contribution in [-0.2, 0) is 29.5 Å². The average Bonchev–Trinajstić information content (AvgIpc) is 3.61. The zero-order valence-electron chi connectivity index (χ0n) is 21.6. The summed E-state index contributed by atoms with van der Waals surface area (Å²) < 4.78 is 34.9. The van der Waals surface area contributed by atoms with Gasteiger partial charge in [0.15, 0.2) is 5.13 Å². The summed E-state index contributed by atoms with van der Waals surface area (Å²) in [5.74, 6) is 0.343. The number of furan rings is 1. The molecule has 0 aliphatic carbocycles. The lowest BCUT2D eigenvalue weighted by Crippen LogP contribution is -2.36. The van der Waals surface area contributed by atoms with Crippen LogP contribution < -0.4 is 4.90 Å². The monoisotopic (exact) mass is 557 g/mol. The lowest BCUT2D eigenvalue weighted by molar-refractivity contribution is 0.0983. The van der Waals surface area contributed by atoms with Crippen molar-refractivity contribution in [1.29, 1.82) is 0 Å². The van der Waals surface area contributed by atoms with Crippen LogP contribution in [0.25, 0.3) is 10.2 Å². The maximum absolute atomic E-state index is 13.8. The number of rotatable bonds is 6. The Morgan fingerprint density at radius 3 is 2.54 bits per heavy atom. The van der Waals surface area contributed by atoms with Crippen LogP contribution in [-0.4, -0.2) is 30.2 Å². The number of nitrogens with zero attached hydrogens (tertiary/aromatic N) is 3. The first-order valence-corrected chi connectivity index (χ1v) is 14.9. The maximum atomic E-state index is 13.8. The van der Waals surface area contributed by atoms with Gasteiger partial charge in [0.1, 0.15) is 5.76 Å². The Labute approximate surface area is 231 Å². The second-order valence-electron chi connectivity index (χ2n) is 9.78. The smallest absolute Gasteiger partial charge is 0.260 e. The number of thiazole rings is 1. The van der Waals surface area contributed by atoms with Gasteiger partial charge in [-0.3, -0.25) is 9.69 Å². The number of benzene rings is 3. The molecule has 1 aliphatic rings. The third-order valence-electron chi connectivity index (χ3n) is 7.01. The van der Waals surface area contributed by atoms with Crippen LogP contribution in [0.4, 0.5) is 5.13 Å². The van der Waals surface area contributed by atoms with Crippen molar-refractivity contribution < 1.29 is 17.6 Å². The van der Waals surface area contributed by atoms with E-state index >= 15 is 0 Å². The van der Waals surface area contributed by atoms with Crippen LogP contribution in [0.5, 0.6) is 0 Å². The molecule has 39 heavy (non-hydrogen) atoms. The van der Waals surface area contributed by atoms with Gasteiger partial charge in [0.05, 0.1) is 27.9 Å². The maximum Gasteiger partial charge on any atom is 0.260 e. The molecule has 1 amide bonds. The van der Waals surface area contributed by atoms with Gasteiger partial charge in [0.25, 0.3) is 5.91 Å². The molecule has 198 valence electrons. The molecule has 3 heterocycles. The number of anilines is 1. The van der Waals surface area contributed by atoms with E-state index in [1.165, 1.54) is 33.3 Å². The Hall–Kier alpha value is -3.79. The number of carbonyl (C=O) groups excluding carboxylic acids is 1. The molecule has 9 heteroatoms. The number of hydrogen-bond acceptors (Lipinski definition) is 6. The van der Waals surface area contributed by atoms with Crippen molar-refractivity contribution in [2.24, 2.45) is 0 Å². The van der Waals surface area contributed by atoms with E-state index in [9.17, 15) is 13.2 Å². The van der Waals surface area contributed by atoms with Crippen LogP contribution in [0.3, 0.4) is 0 Å². The fourth-order valence-corrected chi connectivity index (χ4v) is 7.45. The summed E-state index contributed by atoms with van der Waals surface area (Å²) in [6.07, 6.45) is 2.25. The van der Waals surface area contributed by atoms with Gasteiger partial charge < -0.3 is 4.42 Å². The van der Waals surface area contributed by atoms with Crippen molar-refractivity contribution in [2.75, 3.05) is 11.4 Å². The molecule has 3 aromatic carbocycles. The highest BCUT2D eigenvalue weighted by molar-refractivity contribution is 7.89. The van der Waals surface area contributed by atoms with Gasteiger partial charge in [-0.05, 0) is 85.0 Å². The summed E-state index contributed by atoms with van der Waals surface area (Å²) in [6, 6.07) is 21.8. The molecule has 0 saturated carbocycles. The van der Waals surface area contributed by atoms with Crippen molar-refractivity contribution in [3.8, 4) is 0 Å². The third-order valence-corrected chi connectivity index (χ3v) is 10.1. The minimum Gasteiger partial charge on any atom is -0.467 e. The number of aryl methyl sites for hydroxylation is 2. The largest absolute Gasteiger partial charge is 0.467 e. The summed E-state index contributed by atoms with van der Waals surface area (Å²) in [7, 11) is -3.70. The molecule has 5 aromatic rings. The number of sulfonamides is 1. The lowest BCUT2D eigenvalue weighted by atomic mass is 10.0. The fraction of sp³-hybridized carbons (Fsp3) is 0.200. The van der Waals surface area contributed by atoms with E-state index in [1.807, 2.05) is 50.2 Å². The highest BCUT2D eigenvalue weighted by Gasteiger charge is 2.29. The first-order valence-electron chi connectivity index (χ1n) is 12.7. The van der Waals surface area contributed by atoms with Crippen molar-refractivity contribution in [3.05, 3.63) is 113 Å². The molecular formula is C30H27N3O4S2. The van der Waals surface area contributed by atoms with Crippen molar-refractivity contribution in [1.82, 2.24) is 9.29 Å². The second kappa shape index (κ2) is 10.1. The van der Waals surface area contributed by atoms with E-state index in [0.717, 1.165) is 26.9 Å². The van der Waals surface area contributed by atoms with Gasteiger partial charge in [-0.15, -0.1) is 0 Å². The molecule has 6 rings (SSSR count). The average molecular weight is 558 g/mol. The highest BCUT2D eigenvalue weighted by Crippen LogP contribution is 2.34. The Balaban J connectivity index is 1.30. The molecule has 1 aliphatic heterocycles. The Morgan fingerprint density at radius 1 is 1.03 bits per heavy atom. The number of fused-ring (bicyclic) bond motifs is 2. The van der Waals surface area contributed by atoms with Gasteiger partial charge in [0, 0.05) is 18.7 Å². The molecule has 0 unspecified atom stereocenters. The summed E-state index contributed by atoms with van der Waals surface area (Å²) in [5.41, 5.74) is 5.63. The molecule has 0 bridgehead atoms. The first kappa shape index (κ1) is 25.5. The van der Waals surface area contributed by atoms with Crippen molar-refractivity contribution in [3.63, 3.8) is 0 Å². The zero-order valence-corrected chi connectivity index (χ0v) is 23.3. The highest BCUT2D eigenvalue weighted by atomic mass is 32.2. The van der Waals surface area contributed by atoms with Gasteiger partial charge in [-0.2, -0.15) is 4.31 Å². The summed E-state index contributed by atoms with van der Waals surface area (Å²) in [4.78, 5) is 20.3. The third kappa shape index (κ3) is 4.89. The minimum absolute atomic E-state index is 0.169. The number of carbonyl (C=O) groups is 1. The first-order chi connectivity index (χ1) is 18.8. The standard InChI is InChI=1S/C30H27N3O4S2/c1-20-16-21(2)28-27(17-20)31-30(38-28)33(19-25-8-5-15-37-25)29(34)23-9-11-26(12-10-23)39(35,36)32-14-13-22-6-3-4-7-24(22)18-32/h3-12,15-17H,13-14,18-19H2,1-2H3. The molecule has 7 nitrogen and oxygen atoms in total. The molecule has 2 aromatic heterocycles. The number of hydrogen-bond donors (Lipinski definition) is 0. The van der Waals surface area contributed by atoms with Gasteiger partial charge in [0.2, 0.25) is 10.0 Å². The quantitative estimate of drug-likeness (QED) is 0.252. The summed E-state index contributed by atoms with van der Waals surface area (Å²) in [6.45, 7) is 5.03. The number of aromatic nitrogens is 1. The predicted octanol–water partition coefficient (Wildman–Crippen LogP) is 6.10. The van der Waals surface area contributed by atoms with Crippen LogP contribution in [0.2, 0.25) is 0 Å². The van der Waals surface area contributed by atoms with Crippen LogP contribution in [0.15, 0.2) is 88.4 Å². The van der Waals surface area contributed by atoms with Crippen LogP contribution in [0, 0.1) is 13.8 Å². The molecular weight excluding hydrogens is 530 g/mol. The van der Waals surface area contributed by atoms with E-state index in [4.69, 9.17) is 9.40 Å². The zero-order chi connectivity index (χ0) is 27.1. The number of amides is 1. The van der Waals surface area contributed by atoms with E-state index in [0.29, 0.717) is 36.0 Å². The minimum atomic E-state index is -3.70. The summed E-state index contributed by atoms with van der Waals surface area (Å²) >= 11 is 1.46. The second-order valence-corrected chi connectivity index (χ2v) is 12.7. The predicted molar refractivity (Wildman–Crippen MR) is 152 cm³/mol. The van der Waals surface area contributed by atoms with Crippen LogP contribution in [0.1, 0.15) is 38.4 Å². The van der Waals surface area contributed by atoms with Crippen molar-refractivity contribution >= 4 is 42.6 Å². The molecule has 0 saturated heterocycles. The molecule has 0 fully saturated rings. The topological polar surface area (TPSA) is 83.7 Å². The van der Waals surface area contributed by atoms with E-state index in [-0.39, 0.29) is 17.3 Å². The lowest BCUT2D eigenvalue weighted by Gasteiger charge is -2.28. The summed E-state index contributed by atoms with van der Waals surface area (Å²) in [5, 5.41) is 0.559. The molecule has 0 spiro atoms. The Bertz CT molecular complexity index is 1780. The van der Waals surface area contributed by atoms with Gasteiger partial charge in [-0.1, -0.05) is 41.7 Å².